The van der Waals surface area contributed by atoms with Crippen LogP contribution in [0.2, 0.25) is 0 Å². The van der Waals surface area contributed by atoms with E-state index in [1.165, 1.54) is 12.7 Å². The molecule has 4 rings (SSSR count). The first-order valence-corrected chi connectivity index (χ1v) is 13.1. The van der Waals surface area contributed by atoms with Gasteiger partial charge in [0.25, 0.3) is 5.56 Å². The monoisotopic (exact) mass is 563 g/mol. The number of carbonyl (C=O) groups is 2. The Labute approximate surface area is 207 Å². The van der Waals surface area contributed by atoms with Crippen molar-refractivity contribution in [1.29, 1.82) is 0 Å². The molecule has 1 N–H and O–H groups in total. The summed E-state index contributed by atoms with van der Waals surface area (Å²) in [6.45, 7) is 2.93. The third kappa shape index (κ3) is 5.00. The number of alkyl halides is 1. The van der Waals surface area contributed by atoms with Crippen LogP contribution in [0.5, 0.6) is 0 Å². The average Bonchev–Trinajstić information content (AvgIpc) is 2.87. The molecule has 2 heterocycles. The van der Waals surface area contributed by atoms with E-state index in [9.17, 15) is 14.4 Å². The standard InChI is InChI=1S/C25H30IN3O4/c1-3-16-13-29(24(31)18-8-10-19(11-9-18)25(32)33-2)14-20-21(16)27-22(28-23(20)30)17-6-4-15(12-26)5-7-17/h4-7,16,18-19H,3,8-14H2,1-2H3,(H,27,28,30)/t16?,18-,19-. The summed E-state index contributed by atoms with van der Waals surface area (Å²) in [4.78, 5) is 47.8. The molecule has 1 aliphatic carbocycles. The number of benzene rings is 1. The number of rotatable bonds is 5. The summed E-state index contributed by atoms with van der Waals surface area (Å²) in [5, 5.41) is 0. The van der Waals surface area contributed by atoms with Gasteiger partial charge in [0.05, 0.1) is 30.8 Å². The van der Waals surface area contributed by atoms with Crippen LogP contribution < -0.4 is 5.56 Å². The van der Waals surface area contributed by atoms with Crippen LogP contribution in [0.25, 0.3) is 11.4 Å². The molecule has 8 heteroatoms. The Kier molecular flexibility index (Phi) is 7.51. The van der Waals surface area contributed by atoms with Gasteiger partial charge in [0, 0.05) is 28.4 Å². The SMILES string of the molecule is CCC1CN(C(=O)[C@H]2CC[C@H](C(=O)OC)CC2)Cc2c1nc(-c1ccc(CI)cc1)[nH]c2=O. The lowest BCUT2D eigenvalue weighted by Gasteiger charge is -2.36. The molecule has 0 spiro atoms. The summed E-state index contributed by atoms with van der Waals surface area (Å²) < 4.78 is 5.78. The van der Waals surface area contributed by atoms with Gasteiger partial charge in [-0.15, -0.1) is 0 Å². The molecule has 1 aromatic heterocycles. The number of amides is 1. The maximum Gasteiger partial charge on any atom is 0.308 e. The predicted octanol–water partition coefficient (Wildman–Crippen LogP) is 4.19. The van der Waals surface area contributed by atoms with E-state index in [4.69, 9.17) is 9.72 Å². The topological polar surface area (TPSA) is 92.4 Å². The van der Waals surface area contributed by atoms with Crippen molar-refractivity contribution in [3.63, 3.8) is 0 Å². The first-order chi connectivity index (χ1) is 15.9. The molecule has 7 nitrogen and oxygen atoms in total. The lowest BCUT2D eigenvalue weighted by molar-refractivity contribution is -0.149. The van der Waals surface area contributed by atoms with Crippen LogP contribution in [0.15, 0.2) is 29.1 Å². The third-order valence-electron chi connectivity index (χ3n) is 7.02. The summed E-state index contributed by atoms with van der Waals surface area (Å²) in [5.74, 6) is 0.294. The number of halogens is 1. The number of nitrogens with one attached hydrogen (secondary N) is 1. The number of H-pyrrole nitrogens is 1. The molecule has 0 radical (unpaired) electrons. The van der Waals surface area contributed by atoms with E-state index in [1.807, 2.05) is 29.2 Å². The maximum absolute atomic E-state index is 13.3. The van der Waals surface area contributed by atoms with E-state index >= 15 is 0 Å². The molecule has 2 aliphatic rings. The van der Waals surface area contributed by atoms with Crippen LogP contribution in [0, 0.1) is 11.8 Å². The van der Waals surface area contributed by atoms with Crippen molar-refractivity contribution in [2.24, 2.45) is 11.8 Å². The van der Waals surface area contributed by atoms with E-state index in [0.29, 0.717) is 43.6 Å². The number of esters is 1. The highest BCUT2D eigenvalue weighted by molar-refractivity contribution is 14.1. The van der Waals surface area contributed by atoms with Gasteiger partial charge in [-0.1, -0.05) is 53.8 Å². The minimum atomic E-state index is -0.184. The molecular formula is C25H30IN3O4. The number of hydrogen-bond donors (Lipinski definition) is 1. The van der Waals surface area contributed by atoms with Gasteiger partial charge in [-0.25, -0.2) is 4.98 Å². The largest absolute Gasteiger partial charge is 0.469 e. The zero-order chi connectivity index (χ0) is 23.5. The molecule has 0 bridgehead atoms. The highest BCUT2D eigenvalue weighted by Gasteiger charge is 2.36. The van der Waals surface area contributed by atoms with Crippen molar-refractivity contribution in [2.45, 2.75) is 55.9 Å². The van der Waals surface area contributed by atoms with Crippen LogP contribution >= 0.6 is 22.6 Å². The Morgan fingerprint density at radius 1 is 1.15 bits per heavy atom. The van der Waals surface area contributed by atoms with Gasteiger partial charge in [-0.2, -0.15) is 0 Å². The summed E-state index contributed by atoms with van der Waals surface area (Å²) in [6.07, 6.45) is 3.51. The fourth-order valence-corrected chi connectivity index (χ4v) is 5.50. The van der Waals surface area contributed by atoms with Gasteiger partial charge in [0.15, 0.2) is 0 Å². The normalized spacial score (nSPS) is 22.5. The second-order valence-corrected chi connectivity index (χ2v) is 9.77. The molecule has 1 fully saturated rings. The number of carbonyl (C=O) groups excluding carboxylic acids is 2. The van der Waals surface area contributed by atoms with Gasteiger partial charge in [0.2, 0.25) is 5.91 Å². The van der Waals surface area contributed by atoms with Crippen molar-refractivity contribution in [3.8, 4) is 11.4 Å². The number of aromatic amines is 1. The smallest absolute Gasteiger partial charge is 0.308 e. The van der Waals surface area contributed by atoms with Crippen LogP contribution in [0.3, 0.4) is 0 Å². The molecule has 1 aromatic carbocycles. The highest BCUT2D eigenvalue weighted by atomic mass is 127. The lowest BCUT2D eigenvalue weighted by atomic mass is 9.81. The number of nitrogens with zero attached hydrogens (tertiary/aromatic N) is 2. The van der Waals surface area contributed by atoms with Crippen LogP contribution in [-0.4, -0.2) is 40.4 Å². The molecule has 1 unspecified atom stereocenters. The van der Waals surface area contributed by atoms with Crippen molar-refractivity contribution in [1.82, 2.24) is 14.9 Å². The predicted molar refractivity (Wildman–Crippen MR) is 134 cm³/mol. The molecule has 1 saturated carbocycles. The van der Waals surface area contributed by atoms with Gasteiger partial charge < -0.3 is 14.6 Å². The van der Waals surface area contributed by atoms with Crippen molar-refractivity contribution >= 4 is 34.5 Å². The van der Waals surface area contributed by atoms with Gasteiger partial charge >= 0.3 is 5.97 Å². The first-order valence-electron chi connectivity index (χ1n) is 11.6. The number of fused-ring (bicyclic) bond motifs is 1. The molecule has 0 saturated heterocycles. The van der Waals surface area contributed by atoms with E-state index in [1.54, 1.807) is 0 Å². The molecule has 1 amide bonds. The van der Waals surface area contributed by atoms with E-state index in [-0.39, 0.29) is 41.7 Å². The van der Waals surface area contributed by atoms with Crippen LogP contribution in [0.1, 0.15) is 61.8 Å². The third-order valence-corrected chi connectivity index (χ3v) is 7.90. The minimum Gasteiger partial charge on any atom is -0.469 e. The average molecular weight is 563 g/mol. The Morgan fingerprint density at radius 2 is 1.82 bits per heavy atom. The fraction of sp³-hybridized carbons (Fsp3) is 0.520. The molecule has 1 atom stereocenters. The Hall–Kier alpha value is -2.23. The quantitative estimate of drug-likeness (QED) is 0.335. The molecule has 176 valence electrons. The highest BCUT2D eigenvalue weighted by Crippen LogP contribution is 2.34. The van der Waals surface area contributed by atoms with Gasteiger partial charge in [-0.05, 0) is 37.7 Å². The number of methoxy groups -OCH3 is 1. The van der Waals surface area contributed by atoms with E-state index in [2.05, 4.69) is 34.5 Å². The molecular weight excluding hydrogens is 533 g/mol. The van der Waals surface area contributed by atoms with Crippen LogP contribution in [-0.2, 0) is 25.3 Å². The van der Waals surface area contributed by atoms with Crippen molar-refractivity contribution in [3.05, 3.63) is 51.4 Å². The molecule has 33 heavy (non-hydrogen) atoms. The minimum absolute atomic E-state index is 0.0266. The zero-order valence-corrected chi connectivity index (χ0v) is 21.3. The Morgan fingerprint density at radius 3 is 2.42 bits per heavy atom. The second kappa shape index (κ2) is 10.4. The summed E-state index contributed by atoms with van der Waals surface area (Å²) in [6, 6.07) is 8.08. The fourth-order valence-electron chi connectivity index (χ4n) is 4.99. The van der Waals surface area contributed by atoms with Gasteiger partial charge in [-0.3, -0.25) is 14.4 Å². The van der Waals surface area contributed by atoms with E-state index in [0.717, 1.165) is 22.1 Å². The zero-order valence-electron chi connectivity index (χ0n) is 19.1. The maximum atomic E-state index is 13.3. The summed E-state index contributed by atoms with van der Waals surface area (Å²) in [5.41, 5.74) is 3.35. The number of aromatic nitrogens is 2. The van der Waals surface area contributed by atoms with Crippen molar-refractivity contribution < 1.29 is 14.3 Å². The summed E-state index contributed by atoms with van der Waals surface area (Å²) >= 11 is 2.32. The van der Waals surface area contributed by atoms with Crippen molar-refractivity contribution in [2.75, 3.05) is 13.7 Å². The summed E-state index contributed by atoms with van der Waals surface area (Å²) in [7, 11) is 1.41. The first kappa shape index (κ1) is 23.9. The molecule has 2 aromatic rings. The number of ether oxygens (including phenoxy) is 1. The number of hydrogen-bond acceptors (Lipinski definition) is 5. The molecule has 1 aliphatic heterocycles. The lowest BCUT2D eigenvalue weighted by Crippen LogP contribution is -2.45. The van der Waals surface area contributed by atoms with E-state index < -0.39 is 0 Å². The Balaban J connectivity index is 1.54. The van der Waals surface area contributed by atoms with Crippen LogP contribution in [0.4, 0.5) is 0 Å². The van der Waals surface area contributed by atoms with Gasteiger partial charge in [0.1, 0.15) is 5.82 Å². The Bertz CT molecular complexity index is 1070. The second-order valence-electron chi connectivity index (χ2n) is 9.00.